The fraction of sp³-hybridized carbons (Fsp3) is 0.176. The molecule has 1 amide bonds. The molecule has 3 rings (SSSR count). The highest BCUT2D eigenvalue weighted by molar-refractivity contribution is 7.17. The Morgan fingerprint density at radius 1 is 1.28 bits per heavy atom. The number of carbonyl (C=O) groups excluding carboxylic acids is 2. The van der Waals surface area contributed by atoms with Crippen molar-refractivity contribution >= 4 is 28.3 Å². The number of anilines is 1. The summed E-state index contributed by atoms with van der Waals surface area (Å²) >= 11 is 1.09. The van der Waals surface area contributed by atoms with Gasteiger partial charge in [-0.25, -0.2) is 14.5 Å². The maximum Gasteiger partial charge on any atom is 0.350 e. The third-order valence-corrected chi connectivity index (χ3v) is 4.49. The highest BCUT2D eigenvalue weighted by Crippen LogP contribution is 2.23. The molecule has 0 saturated heterocycles. The number of para-hydroxylation sites is 1. The van der Waals surface area contributed by atoms with Gasteiger partial charge in [0.1, 0.15) is 4.88 Å². The van der Waals surface area contributed by atoms with E-state index in [1.807, 2.05) is 36.5 Å². The highest BCUT2D eigenvalue weighted by atomic mass is 32.1. The monoisotopic (exact) mass is 356 g/mol. The number of nitrogens with one attached hydrogen (secondary N) is 1. The zero-order valence-electron chi connectivity index (χ0n) is 13.7. The van der Waals surface area contributed by atoms with E-state index in [9.17, 15) is 9.59 Å². The van der Waals surface area contributed by atoms with Gasteiger partial charge in [-0.15, -0.1) is 0 Å². The molecule has 2 heterocycles. The molecule has 0 saturated carbocycles. The second-order valence-corrected chi connectivity index (χ2v) is 6.28. The van der Waals surface area contributed by atoms with Gasteiger partial charge in [-0.05, 0) is 24.6 Å². The minimum atomic E-state index is -0.459. The largest absolute Gasteiger partial charge is 0.465 e. The van der Waals surface area contributed by atoms with Gasteiger partial charge in [-0.2, -0.15) is 5.10 Å². The van der Waals surface area contributed by atoms with Gasteiger partial charge in [0, 0.05) is 6.20 Å². The predicted molar refractivity (Wildman–Crippen MR) is 94.1 cm³/mol. The Morgan fingerprint density at radius 2 is 2.04 bits per heavy atom. The standard InChI is InChI=1S/C17H16N4O3S/c1-11-15(16(23)24-2)25-17(19-11)20-14(22)8-12-9-18-21(10-12)13-6-4-3-5-7-13/h3-7,9-10H,8H2,1-2H3,(H,19,20,22). The number of esters is 1. The summed E-state index contributed by atoms with van der Waals surface area (Å²) in [7, 11) is 1.31. The Balaban J connectivity index is 1.65. The van der Waals surface area contributed by atoms with Crippen molar-refractivity contribution < 1.29 is 14.3 Å². The van der Waals surface area contributed by atoms with E-state index in [4.69, 9.17) is 0 Å². The van der Waals surface area contributed by atoms with Crippen LogP contribution in [0.1, 0.15) is 20.9 Å². The number of ether oxygens (including phenoxy) is 1. The van der Waals surface area contributed by atoms with E-state index in [1.54, 1.807) is 17.8 Å². The molecule has 0 unspecified atom stereocenters. The van der Waals surface area contributed by atoms with Gasteiger partial charge in [0.05, 0.1) is 31.1 Å². The lowest BCUT2D eigenvalue weighted by Gasteiger charge is -2.00. The average molecular weight is 356 g/mol. The third kappa shape index (κ3) is 3.92. The molecule has 0 aliphatic carbocycles. The first-order valence-electron chi connectivity index (χ1n) is 7.51. The van der Waals surface area contributed by atoms with Crippen LogP contribution >= 0.6 is 11.3 Å². The summed E-state index contributed by atoms with van der Waals surface area (Å²) in [6.45, 7) is 1.70. The number of thiazole rings is 1. The molecule has 2 aromatic heterocycles. The minimum absolute atomic E-state index is 0.166. The number of carbonyl (C=O) groups is 2. The quantitative estimate of drug-likeness (QED) is 0.710. The van der Waals surface area contributed by atoms with Gasteiger partial charge in [-0.3, -0.25) is 4.79 Å². The number of nitrogens with zero attached hydrogens (tertiary/aromatic N) is 3. The van der Waals surface area contributed by atoms with E-state index in [-0.39, 0.29) is 12.3 Å². The van der Waals surface area contributed by atoms with Crippen molar-refractivity contribution in [1.29, 1.82) is 0 Å². The fourth-order valence-electron chi connectivity index (χ4n) is 2.25. The summed E-state index contributed by atoms with van der Waals surface area (Å²) in [6.07, 6.45) is 3.63. The van der Waals surface area contributed by atoms with Crippen LogP contribution in [0.2, 0.25) is 0 Å². The van der Waals surface area contributed by atoms with Gasteiger partial charge < -0.3 is 10.1 Å². The number of aromatic nitrogens is 3. The van der Waals surface area contributed by atoms with Crippen molar-refractivity contribution in [2.75, 3.05) is 12.4 Å². The van der Waals surface area contributed by atoms with Crippen LogP contribution < -0.4 is 5.32 Å². The van der Waals surface area contributed by atoms with E-state index >= 15 is 0 Å². The van der Waals surface area contributed by atoms with Gasteiger partial charge in [0.15, 0.2) is 5.13 Å². The summed E-state index contributed by atoms with van der Waals surface area (Å²) in [4.78, 5) is 28.3. The molecule has 0 fully saturated rings. The molecule has 0 aliphatic heterocycles. The van der Waals surface area contributed by atoms with E-state index < -0.39 is 5.97 Å². The van der Waals surface area contributed by atoms with Crippen LogP contribution in [0.5, 0.6) is 0 Å². The maximum absolute atomic E-state index is 12.2. The molecule has 7 nitrogen and oxygen atoms in total. The lowest BCUT2D eigenvalue weighted by molar-refractivity contribution is -0.115. The van der Waals surface area contributed by atoms with E-state index in [0.29, 0.717) is 15.7 Å². The van der Waals surface area contributed by atoms with Gasteiger partial charge >= 0.3 is 5.97 Å². The summed E-state index contributed by atoms with van der Waals surface area (Å²) < 4.78 is 6.40. The molecule has 3 aromatic rings. The highest BCUT2D eigenvalue weighted by Gasteiger charge is 2.17. The van der Waals surface area contributed by atoms with E-state index in [2.05, 4.69) is 20.1 Å². The first-order chi connectivity index (χ1) is 12.1. The average Bonchev–Trinajstić information content (AvgIpc) is 3.21. The van der Waals surface area contributed by atoms with Crippen LogP contribution in [-0.2, 0) is 16.0 Å². The molecule has 0 bridgehead atoms. The number of amides is 1. The predicted octanol–water partition coefficient (Wildman–Crippen LogP) is 2.61. The Bertz CT molecular complexity index is 902. The van der Waals surface area contributed by atoms with Gasteiger partial charge in [0.25, 0.3) is 0 Å². The van der Waals surface area contributed by atoms with Crippen molar-refractivity contribution in [2.45, 2.75) is 13.3 Å². The molecule has 0 spiro atoms. The lowest BCUT2D eigenvalue weighted by atomic mass is 10.2. The number of methoxy groups -OCH3 is 1. The number of aryl methyl sites for hydroxylation is 1. The number of rotatable bonds is 5. The molecular weight excluding hydrogens is 340 g/mol. The minimum Gasteiger partial charge on any atom is -0.465 e. The Morgan fingerprint density at radius 3 is 2.76 bits per heavy atom. The normalized spacial score (nSPS) is 10.5. The van der Waals surface area contributed by atoms with Crippen molar-refractivity contribution in [3.63, 3.8) is 0 Å². The molecule has 1 N–H and O–H groups in total. The second-order valence-electron chi connectivity index (χ2n) is 5.28. The topological polar surface area (TPSA) is 86.1 Å². The van der Waals surface area contributed by atoms with Crippen molar-refractivity contribution in [3.05, 3.63) is 58.9 Å². The first kappa shape index (κ1) is 16.8. The van der Waals surface area contributed by atoms with Crippen LogP contribution in [-0.4, -0.2) is 33.8 Å². The lowest BCUT2D eigenvalue weighted by Crippen LogP contribution is -2.13. The number of benzene rings is 1. The molecule has 128 valence electrons. The van der Waals surface area contributed by atoms with Crippen LogP contribution in [0.3, 0.4) is 0 Å². The Labute approximate surface area is 148 Å². The zero-order valence-corrected chi connectivity index (χ0v) is 14.5. The summed E-state index contributed by atoms with van der Waals surface area (Å²) in [5, 5.41) is 7.34. The fourth-order valence-corrected chi connectivity index (χ4v) is 3.15. The zero-order chi connectivity index (χ0) is 17.8. The van der Waals surface area contributed by atoms with Crippen molar-refractivity contribution in [3.8, 4) is 5.69 Å². The molecule has 0 aliphatic rings. The number of hydrogen-bond donors (Lipinski definition) is 1. The Hall–Kier alpha value is -3.00. The van der Waals surface area contributed by atoms with E-state index in [1.165, 1.54) is 7.11 Å². The number of hydrogen-bond acceptors (Lipinski definition) is 6. The third-order valence-electron chi connectivity index (χ3n) is 3.44. The molecule has 0 radical (unpaired) electrons. The molecule has 8 heteroatoms. The van der Waals surface area contributed by atoms with Crippen LogP contribution in [0.4, 0.5) is 5.13 Å². The SMILES string of the molecule is COC(=O)c1sc(NC(=O)Cc2cnn(-c3ccccc3)c2)nc1C. The molecule has 0 atom stereocenters. The summed E-state index contributed by atoms with van der Waals surface area (Å²) in [5.41, 5.74) is 2.24. The summed E-state index contributed by atoms with van der Waals surface area (Å²) in [5.74, 6) is -0.683. The van der Waals surface area contributed by atoms with Crippen LogP contribution in [0.25, 0.3) is 5.69 Å². The van der Waals surface area contributed by atoms with Crippen LogP contribution in [0, 0.1) is 6.92 Å². The second kappa shape index (κ2) is 7.27. The Kier molecular flexibility index (Phi) is 4.90. The van der Waals surface area contributed by atoms with Gasteiger partial charge in [0.2, 0.25) is 5.91 Å². The van der Waals surface area contributed by atoms with E-state index in [0.717, 1.165) is 22.6 Å². The smallest absolute Gasteiger partial charge is 0.350 e. The van der Waals surface area contributed by atoms with Crippen molar-refractivity contribution in [2.24, 2.45) is 0 Å². The summed E-state index contributed by atoms with van der Waals surface area (Å²) in [6, 6.07) is 9.65. The first-order valence-corrected chi connectivity index (χ1v) is 8.33. The molecular formula is C17H16N4O3S. The van der Waals surface area contributed by atoms with Gasteiger partial charge in [-0.1, -0.05) is 29.5 Å². The molecule has 1 aromatic carbocycles. The van der Waals surface area contributed by atoms with Crippen LogP contribution in [0.15, 0.2) is 42.7 Å². The molecule has 25 heavy (non-hydrogen) atoms. The maximum atomic E-state index is 12.2. The van der Waals surface area contributed by atoms with Crippen molar-refractivity contribution in [1.82, 2.24) is 14.8 Å².